The number of carbonyl (C=O) groups is 1. The fraction of sp³-hybridized carbons (Fsp3) is 0.538. The molecule has 0 saturated heterocycles. The molecule has 20 heavy (non-hydrogen) atoms. The van der Waals surface area contributed by atoms with E-state index in [1.165, 1.54) is 6.33 Å². The van der Waals surface area contributed by atoms with Crippen molar-refractivity contribution in [1.29, 1.82) is 0 Å². The Morgan fingerprint density at radius 3 is 2.80 bits per heavy atom. The molecule has 2 aromatic heterocycles. The van der Waals surface area contributed by atoms with Crippen LogP contribution in [0.2, 0.25) is 0 Å². The number of aryl methyl sites for hydroxylation is 2. The zero-order valence-electron chi connectivity index (χ0n) is 12.3. The van der Waals surface area contributed by atoms with Gasteiger partial charge in [-0.1, -0.05) is 13.8 Å². The van der Waals surface area contributed by atoms with Gasteiger partial charge in [0.2, 0.25) is 5.95 Å². The lowest BCUT2D eigenvalue weighted by Gasteiger charge is -2.07. The maximum atomic E-state index is 12.2. The number of rotatable bonds is 5. The molecule has 1 N–H and O–H groups in total. The van der Waals surface area contributed by atoms with E-state index in [4.69, 9.17) is 0 Å². The van der Waals surface area contributed by atoms with E-state index < -0.39 is 0 Å². The Bertz CT molecular complexity index is 598. The van der Waals surface area contributed by atoms with Crippen LogP contribution >= 0.6 is 0 Å². The molecule has 0 atom stereocenters. The summed E-state index contributed by atoms with van der Waals surface area (Å²) in [4.78, 5) is 12.2. The molecule has 1 amide bonds. The lowest BCUT2D eigenvalue weighted by atomic mass is 10.1. The van der Waals surface area contributed by atoms with E-state index >= 15 is 0 Å². The topological polar surface area (TPSA) is 77.6 Å². The molecule has 0 aromatic carbocycles. The highest BCUT2D eigenvalue weighted by Gasteiger charge is 2.16. The Hall–Kier alpha value is -2.18. The maximum absolute atomic E-state index is 12.2. The normalized spacial score (nSPS) is 11.1. The number of aromatic nitrogens is 5. The van der Waals surface area contributed by atoms with Crippen molar-refractivity contribution < 1.29 is 4.79 Å². The summed E-state index contributed by atoms with van der Waals surface area (Å²) in [7, 11) is 1.77. The zero-order valence-corrected chi connectivity index (χ0v) is 12.3. The number of hydrogen-bond donors (Lipinski definition) is 1. The van der Waals surface area contributed by atoms with Gasteiger partial charge in [0.1, 0.15) is 6.33 Å². The van der Waals surface area contributed by atoms with E-state index in [0.717, 1.165) is 18.7 Å². The Balaban J connectivity index is 2.09. The number of nitrogens with one attached hydrogen (secondary N) is 1. The standard InChI is InChI=1S/C13H20N6O/c1-9(2)5-6-19-10(3)11(7-15-19)12(20)16-13-17-14-8-18(13)4/h7-9H,5-6H2,1-4H3,(H,16,17,20). The van der Waals surface area contributed by atoms with Crippen molar-refractivity contribution in [3.63, 3.8) is 0 Å². The highest BCUT2D eigenvalue weighted by Crippen LogP contribution is 2.12. The van der Waals surface area contributed by atoms with E-state index in [0.29, 0.717) is 17.4 Å². The minimum atomic E-state index is -0.214. The van der Waals surface area contributed by atoms with Crippen molar-refractivity contribution >= 4 is 11.9 Å². The van der Waals surface area contributed by atoms with Crippen LogP contribution in [0.4, 0.5) is 5.95 Å². The van der Waals surface area contributed by atoms with Gasteiger partial charge in [-0.15, -0.1) is 10.2 Å². The molecule has 2 aromatic rings. The Kier molecular flexibility index (Phi) is 4.16. The number of amides is 1. The van der Waals surface area contributed by atoms with Gasteiger partial charge in [0.05, 0.1) is 11.8 Å². The van der Waals surface area contributed by atoms with Gasteiger partial charge >= 0.3 is 0 Å². The van der Waals surface area contributed by atoms with Gasteiger partial charge in [0, 0.05) is 19.3 Å². The molecule has 0 fully saturated rings. The molecule has 2 heterocycles. The van der Waals surface area contributed by atoms with Crippen LogP contribution in [-0.2, 0) is 13.6 Å². The van der Waals surface area contributed by atoms with Gasteiger partial charge in [0.25, 0.3) is 5.91 Å². The summed E-state index contributed by atoms with van der Waals surface area (Å²) in [5.41, 5.74) is 1.43. The van der Waals surface area contributed by atoms with Crippen molar-refractivity contribution in [3.8, 4) is 0 Å². The van der Waals surface area contributed by atoms with Crippen LogP contribution in [0.1, 0.15) is 36.3 Å². The second-order valence-corrected chi connectivity index (χ2v) is 5.27. The van der Waals surface area contributed by atoms with Crippen LogP contribution < -0.4 is 5.32 Å². The van der Waals surface area contributed by atoms with E-state index in [-0.39, 0.29) is 5.91 Å². The second kappa shape index (κ2) is 5.85. The molecular formula is C13H20N6O. The van der Waals surface area contributed by atoms with Gasteiger partial charge in [0.15, 0.2) is 0 Å². The van der Waals surface area contributed by atoms with Crippen molar-refractivity contribution in [3.05, 3.63) is 23.8 Å². The highest BCUT2D eigenvalue weighted by atomic mass is 16.1. The monoisotopic (exact) mass is 276 g/mol. The van der Waals surface area contributed by atoms with Crippen molar-refractivity contribution in [1.82, 2.24) is 24.5 Å². The lowest BCUT2D eigenvalue weighted by molar-refractivity contribution is 0.102. The SMILES string of the molecule is Cc1c(C(=O)Nc2nncn2C)cnn1CCC(C)C. The summed E-state index contributed by atoms with van der Waals surface area (Å²) in [6.07, 6.45) is 4.17. The molecule has 108 valence electrons. The predicted octanol–water partition coefficient (Wildman–Crippen LogP) is 1.62. The first kappa shape index (κ1) is 14.2. The first-order chi connectivity index (χ1) is 9.49. The summed E-state index contributed by atoms with van der Waals surface area (Å²) in [6.45, 7) is 7.06. The Morgan fingerprint density at radius 2 is 2.20 bits per heavy atom. The van der Waals surface area contributed by atoms with Crippen LogP contribution in [0.15, 0.2) is 12.5 Å². The molecule has 7 heteroatoms. The molecule has 0 aliphatic heterocycles. The molecule has 0 radical (unpaired) electrons. The first-order valence-electron chi connectivity index (χ1n) is 6.66. The smallest absolute Gasteiger partial charge is 0.261 e. The molecule has 0 aliphatic carbocycles. The van der Waals surface area contributed by atoms with Gasteiger partial charge in [-0.05, 0) is 19.3 Å². The molecule has 0 unspecified atom stereocenters. The summed E-state index contributed by atoms with van der Waals surface area (Å²) in [5.74, 6) is 0.813. The Morgan fingerprint density at radius 1 is 1.45 bits per heavy atom. The van der Waals surface area contributed by atoms with Crippen molar-refractivity contribution in [2.24, 2.45) is 13.0 Å². The number of carbonyl (C=O) groups excluding carboxylic acids is 1. The third kappa shape index (κ3) is 3.04. The van der Waals surface area contributed by atoms with Crippen molar-refractivity contribution in [2.75, 3.05) is 5.32 Å². The summed E-state index contributed by atoms with van der Waals surface area (Å²) < 4.78 is 3.52. The summed E-state index contributed by atoms with van der Waals surface area (Å²) >= 11 is 0. The first-order valence-corrected chi connectivity index (χ1v) is 6.66. The second-order valence-electron chi connectivity index (χ2n) is 5.27. The van der Waals surface area contributed by atoms with Crippen LogP contribution in [-0.4, -0.2) is 30.5 Å². The molecule has 0 bridgehead atoms. The average molecular weight is 276 g/mol. The number of anilines is 1. The van der Waals surface area contributed by atoms with Gasteiger partial charge in [-0.2, -0.15) is 5.10 Å². The third-order valence-electron chi connectivity index (χ3n) is 3.20. The Labute approximate surface area is 118 Å². The summed E-state index contributed by atoms with van der Waals surface area (Å²) in [5, 5.41) is 14.5. The number of hydrogen-bond acceptors (Lipinski definition) is 4. The van der Waals surface area contributed by atoms with E-state index in [9.17, 15) is 4.79 Å². The molecule has 0 saturated carbocycles. The molecule has 0 aliphatic rings. The fourth-order valence-corrected chi connectivity index (χ4v) is 1.84. The quantitative estimate of drug-likeness (QED) is 0.900. The van der Waals surface area contributed by atoms with Gasteiger partial charge in [-0.25, -0.2) is 0 Å². The van der Waals surface area contributed by atoms with Gasteiger partial charge < -0.3 is 4.57 Å². The lowest BCUT2D eigenvalue weighted by Crippen LogP contribution is -2.16. The van der Waals surface area contributed by atoms with Crippen LogP contribution in [0, 0.1) is 12.8 Å². The molecule has 7 nitrogen and oxygen atoms in total. The minimum Gasteiger partial charge on any atom is -0.303 e. The van der Waals surface area contributed by atoms with Crippen LogP contribution in [0.5, 0.6) is 0 Å². The average Bonchev–Trinajstić information content (AvgIpc) is 2.94. The fourth-order valence-electron chi connectivity index (χ4n) is 1.84. The molecule has 0 spiro atoms. The predicted molar refractivity (Wildman–Crippen MR) is 75.4 cm³/mol. The van der Waals surface area contributed by atoms with E-state index in [1.807, 2.05) is 11.6 Å². The third-order valence-corrected chi connectivity index (χ3v) is 3.20. The molecular weight excluding hydrogens is 256 g/mol. The van der Waals surface area contributed by atoms with E-state index in [2.05, 4.69) is 34.5 Å². The number of nitrogens with zero attached hydrogens (tertiary/aromatic N) is 5. The largest absolute Gasteiger partial charge is 0.303 e. The zero-order chi connectivity index (χ0) is 14.7. The maximum Gasteiger partial charge on any atom is 0.261 e. The minimum absolute atomic E-state index is 0.214. The van der Waals surface area contributed by atoms with Crippen LogP contribution in [0.3, 0.4) is 0 Å². The highest BCUT2D eigenvalue weighted by molar-refractivity contribution is 6.03. The van der Waals surface area contributed by atoms with Crippen molar-refractivity contribution in [2.45, 2.75) is 33.7 Å². The van der Waals surface area contributed by atoms with E-state index in [1.54, 1.807) is 17.8 Å². The van der Waals surface area contributed by atoms with Crippen LogP contribution in [0.25, 0.3) is 0 Å². The van der Waals surface area contributed by atoms with Gasteiger partial charge in [-0.3, -0.25) is 14.8 Å². The summed E-state index contributed by atoms with van der Waals surface area (Å²) in [6, 6.07) is 0. The molecule has 2 rings (SSSR count).